The summed E-state index contributed by atoms with van der Waals surface area (Å²) in [5, 5.41) is 17.9. The quantitative estimate of drug-likeness (QED) is 0.329. The number of halogens is 1. The third kappa shape index (κ3) is 5.96. The lowest BCUT2D eigenvalue weighted by molar-refractivity contribution is -0.117. The zero-order chi connectivity index (χ0) is 26.4. The van der Waals surface area contributed by atoms with Gasteiger partial charge in [-0.3, -0.25) is 9.59 Å². The van der Waals surface area contributed by atoms with E-state index in [1.165, 1.54) is 24.2 Å². The molecule has 2 aromatic heterocycles. The van der Waals surface area contributed by atoms with E-state index in [2.05, 4.69) is 26.4 Å². The number of anilines is 2. The van der Waals surface area contributed by atoms with Crippen molar-refractivity contribution in [2.24, 2.45) is 24.8 Å². The van der Waals surface area contributed by atoms with Crippen LogP contribution in [0.4, 0.5) is 15.2 Å². The van der Waals surface area contributed by atoms with Gasteiger partial charge in [0.25, 0.3) is 5.91 Å². The van der Waals surface area contributed by atoms with Gasteiger partial charge in [-0.2, -0.15) is 0 Å². The first-order valence-corrected chi connectivity index (χ1v) is 14.7. The molecular weight excluding hydrogens is 527 g/mol. The topological polar surface area (TPSA) is 109 Å². The smallest absolute Gasteiger partial charge is 0.254 e. The number of ether oxygens (including phenoxy) is 1. The number of carbonyl (C=O) groups is 2. The molecule has 204 valence electrons. The number of amides is 2. The van der Waals surface area contributed by atoms with Crippen LogP contribution in [0.15, 0.2) is 6.07 Å². The van der Waals surface area contributed by atoms with E-state index in [1.807, 2.05) is 13.1 Å². The lowest BCUT2D eigenvalue weighted by atomic mass is 9.91. The Kier molecular flexibility index (Phi) is 7.02. The maximum absolute atomic E-state index is 13.5. The van der Waals surface area contributed by atoms with Crippen LogP contribution in [0, 0.1) is 17.8 Å². The number of hydrogen-bond acceptors (Lipinski definition) is 6. The highest BCUT2D eigenvalue weighted by atomic mass is 32.1. The summed E-state index contributed by atoms with van der Waals surface area (Å²) in [6.07, 6.45) is 6.07. The standard InChI is InChI=1S/C26H33FN6O3S2/c1-33-20(10-21(32-33)36-12-14-4-5-14)30-26(37)29-15-6-7-19-17(8-15)22(24(35)28-11-13-2-3-13)25(38-19)31-23(34)16-9-18(16)27/h10,13-16,18H,2-9,11-12H2,1H3,(H,28,35)(H,31,34)(H2,29,30,37)/t15-,16-,18-/m0/s1. The molecule has 4 N–H and O–H groups in total. The van der Waals surface area contributed by atoms with Gasteiger partial charge in [-0.1, -0.05) is 0 Å². The molecule has 0 radical (unpaired) electrons. The minimum atomic E-state index is -1.08. The summed E-state index contributed by atoms with van der Waals surface area (Å²) >= 11 is 7.03. The van der Waals surface area contributed by atoms with E-state index >= 15 is 0 Å². The summed E-state index contributed by atoms with van der Waals surface area (Å²) in [5.41, 5.74) is 1.46. The predicted molar refractivity (Wildman–Crippen MR) is 148 cm³/mol. The summed E-state index contributed by atoms with van der Waals surface area (Å²) in [6.45, 7) is 1.33. The number of rotatable bonds is 10. The van der Waals surface area contributed by atoms with Crippen molar-refractivity contribution in [1.82, 2.24) is 20.4 Å². The molecule has 0 bridgehead atoms. The van der Waals surface area contributed by atoms with Crippen LogP contribution in [-0.4, -0.2) is 52.1 Å². The highest BCUT2D eigenvalue weighted by molar-refractivity contribution is 7.80. The molecule has 38 heavy (non-hydrogen) atoms. The fourth-order valence-corrected chi connectivity index (χ4v) is 6.29. The number of thiocarbonyl (C=S) groups is 1. The average Bonchev–Trinajstić information content (AvgIpc) is 3.79. The number of alkyl halides is 1. The summed E-state index contributed by atoms with van der Waals surface area (Å²) in [6, 6.07) is 1.86. The van der Waals surface area contributed by atoms with Crippen LogP contribution in [0.2, 0.25) is 0 Å². The lowest BCUT2D eigenvalue weighted by Crippen LogP contribution is -2.41. The van der Waals surface area contributed by atoms with Gasteiger partial charge in [0.1, 0.15) is 17.0 Å². The van der Waals surface area contributed by atoms with E-state index < -0.39 is 12.1 Å². The highest BCUT2D eigenvalue weighted by Crippen LogP contribution is 2.41. The van der Waals surface area contributed by atoms with Crippen molar-refractivity contribution in [3.8, 4) is 5.88 Å². The number of carbonyl (C=O) groups excluding carboxylic acids is 2. The van der Waals surface area contributed by atoms with E-state index in [0.29, 0.717) is 53.0 Å². The molecule has 2 aromatic rings. The molecule has 3 fully saturated rings. The summed E-state index contributed by atoms with van der Waals surface area (Å²) in [7, 11) is 1.84. The van der Waals surface area contributed by atoms with Gasteiger partial charge in [-0.25, -0.2) is 9.07 Å². The molecule has 2 amide bonds. The predicted octanol–water partition coefficient (Wildman–Crippen LogP) is 3.55. The number of aromatic nitrogens is 2. The van der Waals surface area contributed by atoms with Gasteiger partial charge in [0.05, 0.1) is 18.1 Å². The van der Waals surface area contributed by atoms with Crippen LogP contribution in [0.3, 0.4) is 0 Å². The number of fused-ring (bicyclic) bond motifs is 1. The molecule has 0 saturated heterocycles. The molecule has 12 heteroatoms. The molecule has 3 saturated carbocycles. The van der Waals surface area contributed by atoms with Crippen LogP contribution in [0.1, 0.15) is 59.3 Å². The van der Waals surface area contributed by atoms with Gasteiger partial charge >= 0.3 is 0 Å². The van der Waals surface area contributed by atoms with E-state index in [1.54, 1.807) is 4.68 Å². The normalized spacial score (nSPS) is 23.8. The Labute approximate surface area is 230 Å². The maximum Gasteiger partial charge on any atom is 0.254 e. The van der Waals surface area contributed by atoms with Crippen molar-refractivity contribution in [2.75, 3.05) is 23.8 Å². The largest absolute Gasteiger partial charge is 0.476 e. The third-order valence-corrected chi connectivity index (χ3v) is 9.05. The van der Waals surface area contributed by atoms with Crippen molar-refractivity contribution in [3.63, 3.8) is 0 Å². The Morgan fingerprint density at radius 1 is 1.21 bits per heavy atom. The van der Waals surface area contributed by atoms with Crippen molar-refractivity contribution in [3.05, 3.63) is 22.1 Å². The fraction of sp³-hybridized carbons (Fsp3) is 0.615. The summed E-state index contributed by atoms with van der Waals surface area (Å²) < 4.78 is 21.0. The molecule has 0 spiro atoms. The van der Waals surface area contributed by atoms with Gasteiger partial charge < -0.3 is 26.0 Å². The van der Waals surface area contributed by atoms with E-state index in [-0.39, 0.29) is 24.3 Å². The second kappa shape index (κ2) is 10.4. The van der Waals surface area contributed by atoms with Crippen LogP contribution in [0.5, 0.6) is 5.88 Å². The molecule has 6 rings (SSSR count). The first kappa shape index (κ1) is 25.5. The molecule has 0 aromatic carbocycles. The van der Waals surface area contributed by atoms with Crippen LogP contribution >= 0.6 is 23.6 Å². The Morgan fingerprint density at radius 2 is 1.97 bits per heavy atom. The van der Waals surface area contributed by atoms with Crippen molar-refractivity contribution in [1.29, 1.82) is 0 Å². The van der Waals surface area contributed by atoms with E-state index in [0.717, 1.165) is 41.9 Å². The monoisotopic (exact) mass is 560 g/mol. The zero-order valence-corrected chi connectivity index (χ0v) is 23.0. The third-order valence-electron chi connectivity index (χ3n) is 7.62. The number of nitrogens with zero attached hydrogens (tertiary/aromatic N) is 2. The maximum atomic E-state index is 13.5. The molecule has 4 aliphatic rings. The summed E-state index contributed by atoms with van der Waals surface area (Å²) in [4.78, 5) is 26.9. The Bertz CT molecular complexity index is 1250. The minimum absolute atomic E-state index is 0.0214. The van der Waals surface area contributed by atoms with E-state index in [4.69, 9.17) is 17.0 Å². The average molecular weight is 561 g/mol. The molecule has 2 heterocycles. The van der Waals surface area contributed by atoms with Crippen LogP contribution in [0.25, 0.3) is 0 Å². The van der Waals surface area contributed by atoms with Crippen LogP contribution in [-0.2, 0) is 24.7 Å². The number of aryl methyl sites for hydroxylation is 2. The van der Waals surface area contributed by atoms with Crippen molar-refractivity contribution >= 4 is 51.3 Å². The Balaban J connectivity index is 1.12. The van der Waals surface area contributed by atoms with Gasteiger partial charge in [-0.05, 0) is 81.0 Å². The minimum Gasteiger partial charge on any atom is -0.476 e. The van der Waals surface area contributed by atoms with E-state index in [9.17, 15) is 14.0 Å². The van der Waals surface area contributed by atoms with Gasteiger partial charge in [0, 0.05) is 30.6 Å². The number of thiophene rings is 1. The first-order valence-electron chi connectivity index (χ1n) is 13.5. The summed E-state index contributed by atoms with van der Waals surface area (Å²) in [5.74, 6) is 1.36. The fourth-order valence-electron chi connectivity index (χ4n) is 4.78. The lowest BCUT2D eigenvalue weighted by Gasteiger charge is -2.25. The van der Waals surface area contributed by atoms with Crippen molar-refractivity contribution in [2.45, 2.75) is 63.6 Å². The first-order chi connectivity index (χ1) is 18.3. The zero-order valence-electron chi connectivity index (χ0n) is 21.3. The highest BCUT2D eigenvalue weighted by Gasteiger charge is 2.44. The van der Waals surface area contributed by atoms with Crippen LogP contribution < -0.4 is 26.0 Å². The number of hydrogen-bond donors (Lipinski definition) is 4. The molecule has 9 nitrogen and oxygen atoms in total. The molecule has 0 aliphatic heterocycles. The second-order valence-electron chi connectivity index (χ2n) is 11.0. The van der Waals surface area contributed by atoms with Gasteiger partial charge in [0.15, 0.2) is 5.11 Å². The Morgan fingerprint density at radius 3 is 2.68 bits per heavy atom. The van der Waals surface area contributed by atoms with Crippen molar-refractivity contribution < 1.29 is 18.7 Å². The molecule has 0 unspecified atom stereocenters. The van der Waals surface area contributed by atoms with Gasteiger partial charge in [-0.15, -0.1) is 16.4 Å². The number of nitrogens with one attached hydrogen (secondary N) is 4. The molecular formula is C26H33FN6O3S2. The molecule has 4 aliphatic carbocycles. The Hall–Kier alpha value is -2.73. The molecule has 3 atom stereocenters. The second-order valence-corrected chi connectivity index (χ2v) is 12.5. The van der Waals surface area contributed by atoms with Gasteiger partial charge in [0.2, 0.25) is 11.8 Å². The SMILES string of the molecule is Cn1nc(OCC2CC2)cc1NC(=S)N[C@H]1CCc2sc(NC(=O)[C@H]3C[C@@H]3F)c(C(=O)NCC3CC3)c2C1.